The Morgan fingerprint density at radius 3 is 2.11 bits per heavy atom. The Labute approximate surface area is 63.1 Å². The number of hydrogen-bond acceptors (Lipinski definition) is 3. The maximum Gasteiger partial charge on any atom is 0.209 e. The van der Waals surface area contributed by atoms with Crippen molar-refractivity contribution in [1.29, 1.82) is 5.26 Å². The molecule has 0 aliphatic rings. The molecule has 0 radical (unpaired) electrons. The van der Waals surface area contributed by atoms with Crippen LogP contribution in [0, 0.1) is 11.3 Å². The van der Waals surface area contributed by atoms with Gasteiger partial charge in [-0.1, -0.05) is 23.2 Å². The monoisotopic (exact) mass is 187 g/mol. The molecule has 0 aromatic carbocycles. The molecule has 0 aliphatic heterocycles. The second-order valence-corrected chi connectivity index (χ2v) is 4.93. The number of nitriles is 1. The fraction of sp³-hybridized carbons (Fsp3) is 0.667. The molecule has 0 aliphatic carbocycles. The zero-order valence-corrected chi connectivity index (χ0v) is 6.54. The van der Waals surface area contributed by atoms with E-state index in [0.717, 1.165) is 0 Å². The Morgan fingerprint density at radius 2 is 2.00 bits per heavy atom. The largest absolute Gasteiger partial charge is 0.225 e. The fourth-order valence-corrected chi connectivity index (χ4v) is 0.837. The van der Waals surface area contributed by atoms with Gasteiger partial charge in [0.1, 0.15) is 5.75 Å². The number of alkyl halides is 2. The minimum Gasteiger partial charge on any atom is -0.225 e. The lowest BCUT2D eigenvalue weighted by atomic mass is 10.9. The summed E-state index contributed by atoms with van der Waals surface area (Å²) < 4.78 is 19.4. The molecule has 52 valence electrons. The first-order valence-electron chi connectivity index (χ1n) is 1.87. The van der Waals surface area contributed by atoms with E-state index in [2.05, 4.69) is 0 Å². The van der Waals surface area contributed by atoms with Gasteiger partial charge in [0.15, 0.2) is 9.84 Å². The smallest absolute Gasteiger partial charge is 0.209 e. The molecule has 0 fully saturated rings. The Hall–Kier alpha value is 0.0200. The van der Waals surface area contributed by atoms with Gasteiger partial charge in [-0.05, 0) is 0 Å². The van der Waals surface area contributed by atoms with Crippen molar-refractivity contribution in [2.24, 2.45) is 0 Å². The molecule has 0 heterocycles. The first kappa shape index (κ1) is 9.02. The first-order chi connectivity index (χ1) is 4.00. The third-order valence-corrected chi connectivity index (χ3v) is 3.24. The van der Waals surface area contributed by atoms with Crippen molar-refractivity contribution in [3.63, 3.8) is 0 Å². The van der Waals surface area contributed by atoms with Gasteiger partial charge in [-0.15, -0.1) is 0 Å². The maximum atomic E-state index is 10.4. The van der Waals surface area contributed by atoms with Crippen molar-refractivity contribution < 1.29 is 8.42 Å². The lowest BCUT2D eigenvalue weighted by Crippen LogP contribution is -2.11. The van der Waals surface area contributed by atoms with E-state index in [1.807, 2.05) is 0 Å². The van der Waals surface area contributed by atoms with Gasteiger partial charge in [0.05, 0.1) is 6.07 Å². The van der Waals surface area contributed by atoms with E-state index in [4.69, 9.17) is 28.5 Å². The van der Waals surface area contributed by atoms with Crippen LogP contribution in [-0.2, 0) is 9.84 Å². The number of nitrogens with zero attached hydrogens (tertiary/aromatic N) is 1. The van der Waals surface area contributed by atoms with Crippen LogP contribution in [0.5, 0.6) is 0 Å². The summed E-state index contributed by atoms with van der Waals surface area (Å²) in [6.45, 7) is 0. The first-order valence-corrected chi connectivity index (χ1v) is 4.46. The summed E-state index contributed by atoms with van der Waals surface area (Å²) in [5.74, 6) is -0.634. The SMILES string of the molecule is N#CCS(=O)(=O)C(Cl)Cl. The maximum absolute atomic E-state index is 10.4. The third kappa shape index (κ3) is 2.89. The molecule has 0 unspecified atom stereocenters. The van der Waals surface area contributed by atoms with Crippen molar-refractivity contribution in [1.82, 2.24) is 0 Å². The van der Waals surface area contributed by atoms with Crippen LogP contribution >= 0.6 is 23.2 Å². The van der Waals surface area contributed by atoms with Crippen molar-refractivity contribution in [3.8, 4) is 6.07 Å². The Morgan fingerprint density at radius 1 is 1.56 bits per heavy atom. The van der Waals surface area contributed by atoms with Gasteiger partial charge >= 0.3 is 0 Å². The molecule has 0 atom stereocenters. The minimum atomic E-state index is -3.58. The molecule has 0 amide bonds. The predicted molar refractivity (Wildman–Crippen MR) is 34.9 cm³/mol. The molecule has 0 rings (SSSR count). The van der Waals surface area contributed by atoms with Crippen LogP contribution in [0.4, 0.5) is 0 Å². The second kappa shape index (κ2) is 3.25. The van der Waals surface area contributed by atoms with Crippen molar-refractivity contribution >= 4 is 33.0 Å². The highest BCUT2D eigenvalue weighted by molar-refractivity contribution is 7.94. The van der Waals surface area contributed by atoms with E-state index < -0.39 is 19.8 Å². The Bertz CT molecular complexity index is 214. The minimum absolute atomic E-state index is 0.634. The van der Waals surface area contributed by atoms with E-state index in [0.29, 0.717) is 0 Å². The molecular formula is C3H3Cl2NO2S. The van der Waals surface area contributed by atoms with Crippen LogP contribution in [0.3, 0.4) is 0 Å². The van der Waals surface area contributed by atoms with Crippen molar-refractivity contribution in [3.05, 3.63) is 0 Å². The van der Waals surface area contributed by atoms with Gasteiger partial charge in [0.2, 0.25) is 4.17 Å². The molecule has 9 heavy (non-hydrogen) atoms. The summed E-state index contributed by atoms with van der Waals surface area (Å²) in [7, 11) is -3.58. The quantitative estimate of drug-likeness (QED) is 0.599. The van der Waals surface area contributed by atoms with Crippen LogP contribution in [0.2, 0.25) is 0 Å². The van der Waals surface area contributed by atoms with Crippen LogP contribution in [0.25, 0.3) is 0 Å². The van der Waals surface area contributed by atoms with Crippen LogP contribution < -0.4 is 0 Å². The molecule has 0 aromatic rings. The van der Waals surface area contributed by atoms with E-state index >= 15 is 0 Å². The molecule has 0 N–H and O–H groups in total. The van der Waals surface area contributed by atoms with Crippen molar-refractivity contribution in [2.75, 3.05) is 5.75 Å². The topological polar surface area (TPSA) is 57.9 Å². The van der Waals surface area contributed by atoms with Gasteiger partial charge < -0.3 is 0 Å². The normalized spacial score (nSPS) is 11.3. The summed E-state index contributed by atoms with van der Waals surface area (Å²) >= 11 is 9.95. The average Bonchev–Trinajstić information content (AvgIpc) is 1.65. The highest BCUT2D eigenvalue weighted by Gasteiger charge is 2.18. The molecular weight excluding hydrogens is 185 g/mol. The van der Waals surface area contributed by atoms with Crippen LogP contribution in [-0.4, -0.2) is 18.3 Å². The van der Waals surface area contributed by atoms with E-state index in [9.17, 15) is 8.42 Å². The average molecular weight is 188 g/mol. The van der Waals surface area contributed by atoms with E-state index in [1.165, 1.54) is 6.07 Å². The third-order valence-electron chi connectivity index (χ3n) is 0.537. The highest BCUT2D eigenvalue weighted by Crippen LogP contribution is 2.10. The number of halogens is 2. The number of rotatable bonds is 2. The Kier molecular flexibility index (Phi) is 3.26. The van der Waals surface area contributed by atoms with Gasteiger partial charge in [0, 0.05) is 0 Å². The molecule has 0 spiro atoms. The lowest BCUT2D eigenvalue weighted by molar-refractivity contribution is 0.602. The number of sulfone groups is 1. The van der Waals surface area contributed by atoms with Crippen LogP contribution in [0.1, 0.15) is 0 Å². The lowest BCUT2D eigenvalue weighted by Gasteiger charge is -1.95. The Balaban J connectivity index is 4.28. The molecule has 0 bridgehead atoms. The molecule has 6 heteroatoms. The molecule has 0 saturated carbocycles. The van der Waals surface area contributed by atoms with Gasteiger partial charge in [-0.3, -0.25) is 0 Å². The zero-order chi connectivity index (χ0) is 7.49. The van der Waals surface area contributed by atoms with Crippen LogP contribution in [0.15, 0.2) is 0 Å². The van der Waals surface area contributed by atoms with E-state index in [1.54, 1.807) is 0 Å². The molecule has 0 saturated heterocycles. The number of hydrogen-bond donors (Lipinski definition) is 0. The summed E-state index contributed by atoms with van der Waals surface area (Å²) in [4.78, 5) is 0. The summed E-state index contributed by atoms with van der Waals surface area (Å²) in [5, 5.41) is 7.90. The fourth-order valence-electron chi connectivity index (χ4n) is 0.153. The standard InChI is InChI=1S/C3H3Cl2NO2S/c4-3(5)9(7,8)2-1-6/h3H,2H2. The zero-order valence-electron chi connectivity index (χ0n) is 4.21. The highest BCUT2D eigenvalue weighted by atomic mass is 35.5. The predicted octanol–water partition coefficient (Wildman–Crippen LogP) is 0.686. The second-order valence-electron chi connectivity index (χ2n) is 1.23. The van der Waals surface area contributed by atoms with Crippen molar-refractivity contribution in [2.45, 2.75) is 4.17 Å². The summed E-state index contributed by atoms with van der Waals surface area (Å²) in [6.07, 6.45) is 0. The molecule has 0 aromatic heterocycles. The van der Waals surface area contributed by atoms with Gasteiger partial charge in [0.25, 0.3) is 0 Å². The summed E-state index contributed by atoms with van der Waals surface area (Å²) in [6, 6.07) is 1.43. The van der Waals surface area contributed by atoms with Gasteiger partial charge in [-0.2, -0.15) is 5.26 Å². The summed E-state index contributed by atoms with van der Waals surface area (Å²) in [5.41, 5.74) is 0. The molecule has 3 nitrogen and oxygen atoms in total. The van der Waals surface area contributed by atoms with E-state index in [-0.39, 0.29) is 0 Å². The van der Waals surface area contributed by atoms with Gasteiger partial charge in [-0.25, -0.2) is 8.42 Å².